The molecule has 2 rings (SSSR count). The first-order chi connectivity index (χ1) is 8.91. The van der Waals surface area contributed by atoms with Crippen molar-refractivity contribution < 1.29 is 4.79 Å². The summed E-state index contributed by atoms with van der Waals surface area (Å²) in [6.07, 6.45) is 5.18. The SMILES string of the molecule is CN1CCCC(CC(=O)N2CCCC(N)C2(C)C)C1. The van der Waals surface area contributed by atoms with Crippen LogP contribution in [0.1, 0.15) is 46.0 Å². The van der Waals surface area contributed by atoms with Gasteiger partial charge in [0.1, 0.15) is 0 Å². The maximum Gasteiger partial charge on any atom is 0.223 e. The highest BCUT2D eigenvalue weighted by atomic mass is 16.2. The number of piperidine rings is 2. The molecule has 2 heterocycles. The number of likely N-dealkylation sites (tertiary alicyclic amines) is 2. The van der Waals surface area contributed by atoms with Crippen molar-refractivity contribution in [3.8, 4) is 0 Å². The number of amides is 1. The zero-order valence-electron chi connectivity index (χ0n) is 12.7. The minimum atomic E-state index is -0.185. The Morgan fingerprint density at radius 1 is 1.26 bits per heavy atom. The highest BCUT2D eigenvalue weighted by molar-refractivity contribution is 5.77. The van der Waals surface area contributed by atoms with E-state index in [1.54, 1.807) is 0 Å². The van der Waals surface area contributed by atoms with E-state index in [4.69, 9.17) is 5.73 Å². The van der Waals surface area contributed by atoms with E-state index in [1.165, 1.54) is 19.4 Å². The number of hydrogen-bond donors (Lipinski definition) is 1. The van der Waals surface area contributed by atoms with Crippen LogP contribution >= 0.6 is 0 Å². The Kier molecular flexibility index (Phi) is 4.51. The molecule has 0 spiro atoms. The van der Waals surface area contributed by atoms with Crippen molar-refractivity contribution in [2.45, 2.75) is 57.5 Å². The summed E-state index contributed by atoms with van der Waals surface area (Å²) in [7, 11) is 2.15. The first-order valence-electron chi connectivity index (χ1n) is 7.66. The maximum atomic E-state index is 12.6. The standard InChI is InChI=1S/C15H29N3O/c1-15(2)13(16)7-5-9-18(15)14(19)10-12-6-4-8-17(3)11-12/h12-13H,4-11,16H2,1-3H3. The van der Waals surface area contributed by atoms with Crippen molar-refractivity contribution >= 4 is 5.91 Å². The number of nitrogens with two attached hydrogens (primary N) is 1. The van der Waals surface area contributed by atoms with Gasteiger partial charge in [0.05, 0.1) is 5.54 Å². The van der Waals surface area contributed by atoms with Crippen molar-refractivity contribution in [2.75, 3.05) is 26.7 Å². The van der Waals surface area contributed by atoms with Gasteiger partial charge in [-0.2, -0.15) is 0 Å². The molecular formula is C15H29N3O. The summed E-state index contributed by atoms with van der Waals surface area (Å²) in [6.45, 7) is 7.34. The Morgan fingerprint density at radius 2 is 1.95 bits per heavy atom. The van der Waals surface area contributed by atoms with Crippen LogP contribution in [0.3, 0.4) is 0 Å². The Balaban J connectivity index is 1.95. The lowest BCUT2D eigenvalue weighted by molar-refractivity contribution is -0.140. The maximum absolute atomic E-state index is 12.6. The zero-order valence-corrected chi connectivity index (χ0v) is 12.7. The Hall–Kier alpha value is -0.610. The predicted octanol–water partition coefficient (Wildman–Crippen LogP) is 1.45. The first kappa shape index (κ1) is 14.8. The van der Waals surface area contributed by atoms with Crippen LogP contribution in [0.15, 0.2) is 0 Å². The van der Waals surface area contributed by atoms with Crippen LogP contribution in [0.25, 0.3) is 0 Å². The molecule has 2 N–H and O–H groups in total. The van der Waals surface area contributed by atoms with E-state index in [0.717, 1.165) is 25.9 Å². The molecule has 19 heavy (non-hydrogen) atoms. The second-order valence-corrected chi connectivity index (χ2v) is 6.92. The van der Waals surface area contributed by atoms with E-state index in [-0.39, 0.29) is 11.6 Å². The molecule has 0 radical (unpaired) electrons. The molecule has 0 aromatic rings. The van der Waals surface area contributed by atoms with E-state index >= 15 is 0 Å². The molecule has 0 aromatic heterocycles. The van der Waals surface area contributed by atoms with Gasteiger partial charge in [0.15, 0.2) is 0 Å². The third kappa shape index (κ3) is 3.29. The van der Waals surface area contributed by atoms with Crippen LogP contribution in [0.5, 0.6) is 0 Å². The molecule has 4 nitrogen and oxygen atoms in total. The molecule has 110 valence electrons. The molecule has 0 saturated carbocycles. The molecule has 0 aromatic carbocycles. The van der Waals surface area contributed by atoms with Gasteiger partial charge in [-0.15, -0.1) is 0 Å². The number of rotatable bonds is 2. The lowest BCUT2D eigenvalue weighted by Crippen LogP contribution is -2.61. The minimum absolute atomic E-state index is 0.110. The predicted molar refractivity (Wildman–Crippen MR) is 77.8 cm³/mol. The molecule has 0 aliphatic carbocycles. The summed E-state index contributed by atoms with van der Waals surface area (Å²) in [5.74, 6) is 0.834. The van der Waals surface area contributed by atoms with Crippen LogP contribution in [0.4, 0.5) is 0 Å². The number of carbonyl (C=O) groups is 1. The number of carbonyl (C=O) groups excluding carboxylic acids is 1. The summed E-state index contributed by atoms with van der Waals surface area (Å²) >= 11 is 0. The smallest absolute Gasteiger partial charge is 0.223 e. The van der Waals surface area contributed by atoms with Gasteiger partial charge < -0.3 is 15.5 Å². The fraction of sp³-hybridized carbons (Fsp3) is 0.933. The van der Waals surface area contributed by atoms with Crippen molar-refractivity contribution in [1.82, 2.24) is 9.80 Å². The first-order valence-corrected chi connectivity index (χ1v) is 7.66. The topological polar surface area (TPSA) is 49.6 Å². The summed E-state index contributed by atoms with van der Waals surface area (Å²) in [5, 5.41) is 0. The van der Waals surface area contributed by atoms with Gasteiger partial charge in [-0.05, 0) is 59.0 Å². The van der Waals surface area contributed by atoms with E-state index in [1.807, 2.05) is 4.90 Å². The van der Waals surface area contributed by atoms with Gasteiger partial charge in [-0.1, -0.05) is 0 Å². The van der Waals surface area contributed by atoms with Crippen molar-refractivity contribution in [3.05, 3.63) is 0 Å². The normalized spacial score (nSPS) is 32.3. The number of nitrogens with zero attached hydrogens (tertiary/aromatic N) is 2. The summed E-state index contributed by atoms with van der Waals surface area (Å²) in [4.78, 5) is 17.0. The van der Waals surface area contributed by atoms with Crippen LogP contribution in [-0.4, -0.2) is 54.0 Å². The van der Waals surface area contributed by atoms with Crippen molar-refractivity contribution in [3.63, 3.8) is 0 Å². The van der Waals surface area contributed by atoms with Crippen molar-refractivity contribution in [1.29, 1.82) is 0 Å². The van der Waals surface area contributed by atoms with Crippen LogP contribution in [-0.2, 0) is 4.79 Å². The van der Waals surface area contributed by atoms with E-state index in [2.05, 4.69) is 25.8 Å². The molecule has 2 unspecified atom stereocenters. The highest BCUT2D eigenvalue weighted by Crippen LogP contribution is 2.29. The third-order valence-corrected chi connectivity index (χ3v) is 4.99. The van der Waals surface area contributed by atoms with Gasteiger partial charge >= 0.3 is 0 Å². The molecule has 2 aliphatic rings. The lowest BCUT2D eigenvalue weighted by Gasteiger charge is -2.47. The third-order valence-electron chi connectivity index (χ3n) is 4.99. The molecule has 1 amide bonds. The molecule has 4 heteroatoms. The second kappa shape index (κ2) is 5.80. The van der Waals surface area contributed by atoms with Gasteiger partial charge in [0, 0.05) is 25.6 Å². The molecule has 0 bridgehead atoms. The van der Waals surface area contributed by atoms with Crippen LogP contribution in [0.2, 0.25) is 0 Å². The lowest BCUT2D eigenvalue weighted by atomic mass is 9.84. The van der Waals surface area contributed by atoms with Gasteiger partial charge in [-0.25, -0.2) is 0 Å². The van der Waals surface area contributed by atoms with Crippen LogP contribution in [0, 0.1) is 5.92 Å². The fourth-order valence-electron chi connectivity index (χ4n) is 3.55. The number of hydrogen-bond acceptors (Lipinski definition) is 3. The van der Waals surface area contributed by atoms with E-state index < -0.39 is 0 Å². The van der Waals surface area contributed by atoms with Gasteiger partial charge in [0.2, 0.25) is 5.91 Å². The minimum Gasteiger partial charge on any atom is -0.336 e. The second-order valence-electron chi connectivity index (χ2n) is 6.92. The van der Waals surface area contributed by atoms with Gasteiger partial charge in [-0.3, -0.25) is 4.79 Å². The average molecular weight is 267 g/mol. The molecule has 2 saturated heterocycles. The van der Waals surface area contributed by atoms with Crippen LogP contribution < -0.4 is 5.73 Å². The van der Waals surface area contributed by atoms with Crippen molar-refractivity contribution in [2.24, 2.45) is 11.7 Å². The zero-order chi connectivity index (χ0) is 14.0. The van der Waals surface area contributed by atoms with E-state index in [9.17, 15) is 4.79 Å². The Morgan fingerprint density at radius 3 is 2.63 bits per heavy atom. The highest BCUT2D eigenvalue weighted by Gasteiger charge is 2.39. The summed E-state index contributed by atoms with van der Waals surface area (Å²) in [6, 6.07) is 0.110. The Bertz CT molecular complexity index is 329. The molecule has 2 aliphatic heterocycles. The largest absolute Gasteiger partial charge is 0.336 e. The quantitative estimate of drug-likeness (QED) is 0.824. The molecular weight excluding hydrogens is 238 g/mol. The van der Waals surface area contributed by atoms with Gasteiger partial charge in [0.25, 0.3) is 0 Å². The molecule has 2 fully saturated rings. The monoisotopic (exact) mass is 267 g/mol. The summed E-state index contributed by atoms with van der Waals surface area (Å²) < 4.78 is 0. The Labute approximate surface area is 117 Å². The fourth-order valence-corrected chi connectivity index (χ4v) is 3.55. The van der Waals surface area contributed by atoms with E-state index in [0.29, 0.717) is 18.2 Å². The summed E-state index contributed by atoms with van der Waals surface area (Å²) in [5.41, 5.74) is 6.01. The average Bonchev–Trinajstić information content (AvgIpc) is 2.32. The molecule has 2 atom stereocenters.